The molecule has 40 heavy (non-hydrogen) atoms. The summed E-state index contributed by atoms with van der Waals surface area (Å²) in [5.74, 6) is 1.30. The molecule has 1 amide bonds. The summed E-state index contributed by atoms with van der Waals surface area (Å²) in [6.07, 6.45) is 2.14. The van der Waals surface area contributed by atoms with Crippen LogP contribution in [0.5, 0.6) is 5.75 Å². The molecule has 3 heterocycles. The second-order valence-electron chi connectivity index (χ2n) is 9.66. The maximum absolute atomic E-state index is 13.0. The third-order valence-corrected chi connectivity index (χ3v) is 7.70. The molecule has 0 aliphatic carbocycles. The molecule has 0 saturated carbocycles. The van der Waals surface area contributed by atoms with E-state index in [1.165, 1.54) is 0 Å². The van der Waals surface area contributed by atoms with Gasteiger partial charge < -0.3 is 34.6 Å². The molecule has 0 unspecified atom stereocenters. The summed E-state index contributed by atoms with van der Waals surface area (Å²) >= 11 is 3.54. The molecule has 1 aliphatic rings. The van der Waals surface area contributed by atoms with Gasteiger partial charge in [0.2, 0.25) is 0 Å². The van der Waals surface area contributed by atoms with Gasteiger partial charge in [-0.25, -0.2) is 9.78 Å². The molecule has 10 nitrogen and oxygen atoms in total. The number of imidazole rings is 1. The lowest BCUT2D eigenvalue weighted by atomic mass is 10.1. The number of carbonyl (C=O) groups excluding carboxylic acids is 1. The number of halogens is 1. The first kappa shape index (κ1) is 27.6. The Kier molecular flexibility index (Phi) is 8.29. The number of amides is 1. The quantitative estimate of drug-likeness (QED) is 0.260. The average Bonchev–Trinajstić information content (AvgIpc) is 3.38. The highest BCUT2D eigenvalue weighted by atomic mass is 79.9. The van der Waals surface area contributed by atoms with Gasteiger partial charge in [-0.3, -0.25) is 4.79 Å². The zero-order valence-electron chi connectivity index (χ0n) is 22.8. The van der Waals surface area contributed by atoms with Crippen molar-refractivity contribution >= 4 is 44.4 Å². The minimum Gasteiger partial charge on any atom is -0.496 e. The second kappa shape index (κ2) is 12.0. The number of aromatic nitrogens is 3. The van der Waals surface area contributed by atoms with Crippen LogP contribution in [0.2, 0.25) is 0 Å². The van der Waals surface area contributed by atoms with Gasteiger partial charge in [-0.05, 0) is 77.7 Å². The van der Waals surface area contributed by atoms with E-state index < -0.39 is 0 Å². The number of piperazine rings is 1. The molecule has 0 radical (unpaired) electrons. The van der Waals surface area contributed by atoms with Crippen molar-refractivity contribution in [3.05, 3.63) is 68.5 Å². The van der Waals surface area contributed by atoms with Crippen LogP contribution < -0.4 is 20.5 Å². The van der Waals surface area contributed by atoms with Crippen molar-refractivity contribution < 1.29 is 14.3 Å². The smallest absolute Gasteiger partial charge is 0.409 e. The van der Waals surface area contributed by atoms with Gasteiger partial charge >= 0.3 is 6.09 Å². The zero-order chi connectivity index (χ0) is 28.2. The van der Waals surface area contributed by atoms with Crippen LogP contribution >= 0.6 is 15.9 Å². The summed E-state index contributed by atoms with van der Waals surface area (Å²) in [6.45, 7) is 7.47. The number of H-pyrrole nitrogens is 2. The number of hydrogen-bond acceptors (Lipinski definition) is 7. The third kappa shape index (κ3) is 5.79. The van der Waals surface area contributed by atoms with Gasteiger partial charge in [-0.1, -0.05) is 6.07 Å². The summed E-state index contributed by atoms with van der Waals surface area (Å²) in [4.78, 5) is 40.0. The molecular weight excluding hydrogens is 576 g/mol. The SMILES string of the molecule is CCOC(=O)N1CCN(c2cc(C)c3nc(-c4c(NCCc5ccc(OC)c(Br)c5)cc[nH]c4=O)[nH]c3c2)CC1. The van der Waals surface area contributed by atoms with Gasteiger partial charge in [0.1, 0.15) is 17.1 Å². The number of fused-ring (bicyclic) bond motifs is 1. The number of nitrogens with one attached hydrogen (secondary N) is 3. The Bertz CT molecular complexity index is 1570. The van der Waals surface area contributed by atoms with Gasteiger partial charge in [-0.15, -0.1) is 0 Å². The Hall–Kier alpha value is -3.99. The van der Waals surface area contributed by atoms with E-state index in [2.05, 4.69) is 48.2 Å². The lowest BCUT2D eigenvalue weighted by molar-refractivity contribution is 0.105. The number of ether oxygens (including phenoxy) is 2. The highest BCUT2D eigenvalue weighted by Crippen LogP contribution is 2.30. The van der Waals surface area contributed by atoms with Crippen molar-refractivity contribution in [2.45, 2.75) is 20.3 Å². The molecule has 5 rings (SSSR count). The number of pyridine rings is 1. The van der Waals surface area contributed by atoms with Gasteiger partial charge in [0, 0.05) is 44.6 Å². The van der Waals surface area contributed by atoms with Crippen LogP contribution in [-0.2, 0) is 11.2 Å². The van der Waals surface area contributed by atoms with E-state index in [0.717, 1.165) is 44.5 Å². The van der Waals surface area contributed by atoms with E-state index in [1.807, 2.05) is 38.1 Å². The second-order valence-corrected chi connectivity index (χ2v) is 10.5. The van der Waals surface area contributed by atoms with Crippen molar-refractivity contribution in [1.82, 2.24) is 19.9 Å². The standard InChI is InChI=1S/C29H33BrN6O4/c1-4-40-29(38)36-13-11-35(12-14-36)20-15-18(2)26-23(17-20)33-27(34-26)25-22(8-10-32-28(25)37)31-9-7-19-5-6-24(39-3)21(30)16-19/h5-6,8,10,15-17H,4,7,9,11-14H2,1-3H3,(H,33,34)(H2,31,32,37). The summed E-state index contributed by atoms with van der Waals surface area (Å²) in [7, 11) is 1.64. The molecular formula is C29H33BrN6O4. The van der Waals surface area contributed by atoms with Gasteiger partial charge in [0.05, 0.1) is 34.9 Å². The number of carbonyl (C=O) groups is 1. The maximum atomic E-state index is 13.0. The first-order valence-corrected chi connectivity index (χ1v) is 14.1. The Morgan fingerprint density at radius 2 is 1.95 bits per heavy atom. The summed E-state index contributed by atoms with van der Waals surface area (Å²) < 4.78 is 11.4. The zero-order valence-corrected chi connectivity index (χ0v) is 24.4. The molecule has 2 aromatic heterocycles. The lowest BCUT2D eigenvalue weighted by Gasteiger charge is -2.35. The molecule has 210 valence electrons. The number of aryl methyl sites for hydroxylation is 1. The average molecular weight is 610 g/mol. The monoisotopic (exact) mass is 608 g/mol. The third-order valence-electron chi connectivity index (χ3n) is 7.08. The van der Waals surface area contributed by atoms with Gasteiger partial charge in [0.15, 0.2) is 0 Å². The molecule has 1 saturated heterocycles. The number of methoxy groups -OCH3 is 1. The molecule has 2 aromatic carbocycles. The Morgan fingerprint density at radius 1 is 1.15 bits per heavy atom. The fraction of sp³-hybridized carbons (Fsp3) is 0.345. The Morgan fingerprint density at radius 3 is 2.67 bits per heavy atom. The Labute approximate surface area is 240 Å². The predicted octanol–water partition coefficient (Wildman–Crippen LogP) is 4.93. The number of anilines is 2. The maximum Gasteiger partial charge on any atom is 0.409 e. The highest BCUT2D eigenvalue weighted by Gasteiger charge is 2.23. The Balaban J connectivity index is 1.34. The summed E-state index contributed by atoms with van der Waals surface area (Å²) in [6, 6.07) is 12.0. The fourth-order valence-electron chi connectivity index (χ4n) is 5.00. The highest BCUT2D eigenvalue weighted by molar-refractivity contribution is 9.10. The van der Waals surface area contributed by atoms with E-state index >= 15 is 0 Å². The van der Waals surface area contributed by atoms with Crippen molar-refractivity contribution in [1.29, 1.82) is 0 Å². The topological polar surface area (TPSA) is 116 Å². The van der Waals surface area contributed by atoms with Crippen LogP contribution in [0, 0.1) is 6.92 Å². The predicted molar refractivity (Wildman–Crippen MR) is 161 cm³/mol. The van der Waals surface area contributed by atoms with E-state index in [4.69, 9.17) is 14.5 Å². The van der Waals surface area contributed by atoms with Crippen LogP contribution in [0.3, 0.4) is 0 Å². The molecule has 3 N–H and O–H groups in total. The molecule has 4 aromatic rings. The van der Waals surface area contributed by atoms with Crippen molar-refractivity contribution in [2.24, 2.45) is 0 Å². The van der Waals surface area contributed by atoms with E-state index in [0.29, 0.717) is 56.4 Å². The largest absolute Gasteiger partial charge is 0.496 e. The van der Waals surface area contributed by atoms with Crippen molar-refractivity contribution in [3.8, 4) is 17.1 Å². The minimum absolute atomic E-state index is 0.218. The van der Waals surface area contributed by atoms with E-state index in [9.17, 15) is 9.59 Å². The first-order chi connectivity index (χ1) is 19.4. The van der Waals surface area contributed by atoms with Crippen LogP contribution in [0.15, 0.2) is 51.9 Å². The van der Waals surface area contributed by atoms with Crippen LogP contribution in [0.1, 0.15) is 18.1 Å². The minimum atomic E-state index is -0.263. The lowest BCUT2D eigenvalue weighted by Crippen LogP contribution is -2.49. The first-order valence-electron chi connectivity index (χ1n) is 13.3. The van der Waals surface area contributed by atoms with Crippen LogP contribution in [0.4, 0.5) is 16.2 Å². The molecule has 11 heteroatoms. The number of rotatable bonds is 8. The molecule has 0 spiro atoms. The van der Waals surface area contributed by atoms with E-state index in [-0.39, 0.29) is 11.7 Å². The van der Waals surface area contributed by atoms with E-state index in [1.54, 1.807) is 18.2 Å². The van der Waals surface area contributed by atoms with Crippen molar-refractivity contribution in [3.63, 3.8) is 0 Å². The van der Waals surface area contributed by atoms with Crippen LogP contribution in [0.25, 0.3) is 22.4 Å². The number of nitrogens with zero attached hydrogens (tertiary/aromatic N) is 3. The molecule has 0 atom stereocenters. The van der Waals surface area contributed by atoms with Crippen LogP contribution in [-0.4, -0.2) is 72.4 Å². The summed E-state index contributed by atoms with van der Waals surface area (Å²) in [5.41, 5.74) is 5.84. The van der Waals surface area contributed by atoms with Crippen molar-refractivity contribution in [2.75, 3.05) is 56.7 Å². The number of benzene rings is 2. The molecule has 1 aliphatic heterocycles. The summed E-state index contributed by atoms with van der Waals surface area (Å²) in [5, 5.41) is 3.42. The fourth-order valence-corrected chi connectivity index (χ4v) is 5.59. The normalized spacial score (nSPS) is 13.5. The van der Waals surface area contributed by atoms with Gasteiger partial charge in [-0.2, -0.15) is 0 Å². The molecule has 0 bridgehead atoms. The number of hydrogen-bond donors (Lipinski definition) is 3. The molecule has 1 fully saturated rings. The number of aromatic amines is 2. The van der Waals surface area contributed by atoms with Gasteiger partial charge in [0.25, 0.3) is 5.56 Å².